The van der Waals surface area contributed by atoms with E-state index in [1.165, 1.54) is 32.4 Å². The van der Waals surface area contributed by atoms with E-state index in [2.05, 4.69) is 27.1 Å². The highest BCUT2D eigenvalue weighted by atomic mass is 35.5. The zero-order valence-electron chi connectivity index (χ0n) is 20.7. The zero-order valence-corrected chi connectivity index (χ0v) is 24.0. The third kappa shape index (κ3) is 7.58. The summed E-state index contributed by atoms with van der Waals surface area (Å²) in [4.78, 5) is 25.2. The summed E-state index contributed by atoms with van der Waals surface area (Å²) in [5, 5.41) is 7.92. The maximum atomic E-state index is 12.7. The van der Waals surface area contributed by atoms with Crippen molar-refractivity contribution in [2.45, 2.75) is 44.6 Å². The smallest absolute Gasteiger partial charge is 0.252 e. The first-order valence-corrected chi connectivity index (χ1v) is 13.7. The van der Waals surface area contributed by atoms with Crippen LogP contribution in [-0.2, 0) is 0 Å². The van der Waals surface area contributed by atoms with Crippen molar-refractivity contribution in [3.63, 3.8) is 0 Å². The average Bonchev–Trinajstić information content (AvgIpc) is 3.57. The number of benzene rings is 1. The molecule has 200 valence electrons. The first-order chi connectivity index (χ1) is 17.1. The van der Waals surface area contributed by atoms with Crippen molar-refractivity contribution in [3.05, 3.63) is 53.7 Å². The number of likely N-dealkylation sites (tertiary alicyclic amines) is 1. The SMILES string of the molecule is C=CCN1CCC(CCCNc2ncc(Cl)c(-c3cc4c(C(=O)NC5CC5)cccc4s3)n2)CC1.Cl.Cl. The van der Waals surface area contributed by atoms with Gasteiger partial charge in [-0.05, 0) is 75.7 Å². The summed E-state index contributed by atoms with van der Waals surface area (Å²) in [5.41, 5.74) is 1.41. The molecule has 1 aliphatic carbocycles. The molecule has 0 unspecified atom stereocenters. The van der Waals surface area contributed by atoms with Crippen LogP contribution in [0.25, 0.3) is 20.7 Å². The van der Waals surface area contributed by atoms with Crippen molar-refractivity contribution in [2.24, 2.45) is 5.92 Å². The van der Waals surface area contributed by atoms with Crippen LogP contribution in [0.4, 0.5) is 5.95 Å². The minimum absolute atomic E-state index is 0. The van der Waals surface area contributed by atoms with Gasteiger partial charge in [-0.2, -0.15) is 0 Å². The van der Waals surface area contributed by atoms with Gasteiger partial charge < -0.3 is 10.6 Å². The maximum Gasteiger partial charge on any atom is 0.252 e. The van der Waals surface area contributed by atoms with Crippen molar-refractivity contribution in [2.75, 3.05) is 31.5 Å². The second-order valence-electron chi connectivity index (χ2n) is 9.57. The van der Waals surface area contributed by atoms with E-state index in [0.717, 1.165) is 53.2 Å². The van der Waals surface area contributed by atoms with E-state index < -0.39 is 0 Å². The molecule has 0 radical (unpaired) electrons. The normalized spacial score (nSPS) is 16.0. The fourth-order valence-corrected chi connectivity index (χ4v) is 6.06. The summed E-state index contributed by atoms with van der Waals surface area (Å²) in [6, 6.07) is 8.20. The van der Waals surface area contributed by atoms with Crippen LogP contribution in [0.1, 0.15) is 48.9 Å². The second-order valence-corrected chi connectivity index (χ2v) is 11.1. The van der Waals surface area contributed by atoms with Gasteiger partial charge in [0.25, 0.3) is 5.91 Å². The first kappa shape index (κ1) is 29.7. The van der Waals surface area contributed by atoms with Gasteiger partial charge in [0.1, 0.15) is 5.69 Å². The number of carbonyl (C=O) groups is 1. The largest absolute Gasteiger partial charge is 0.354 e. The predicted octanol–water partition coefficient (Wildman–Crippen LogP) is 6.84. The third-order valence-electron chi connectivity index (χ3n) is 6.86. The Bertz CT molecular complexity index is 1210. The topological polar surface area (TPSA) is 70.2 Å². The molecule has 2 aromatic heterocycles. The quantitative estimate of drug-likeness (QED) is 0.202. The molecule has 3 heterocycles. The van der Waals surface area contributed by atoms with Gasteiger partial charge in [0.05, 0.1) is 16.1 Å². The molecule has 1 amide bonds. The number of hydrogen-bond acceptors (Lipinski definition) is 6. The van der Waals surface area contributed by atoms with Crippen LogP contribution in [-0.4, -0.2) is 53.0 Å². The summed E-state index contributed by atoms with van der Waals surface area (Å²) in [6.07, 6.45) is 10.6. The van der Waals surface area contributed by atoms with Crippen LogP contribution in [0, 0.1) is 5.92 Å². The molecule has 1 aliphatic heterocycles. The molecule has 2 N–H and O–H groups in total. The van der Waals surface area contributed by atoms with E-state index in [1.54, 1.807) is 17.5 Å². The summed E-state index contributed by atoms with van der Waals surface area (Å²) < 4.78 is 1.05. The van der Waals surface area contributed by atoms with E-state index in [9.17, 15) is 4.79 Å². The molecular formula is C27H34Cl3N5OS. The number of rotatable bonds is 10. The van der Waals surface area contributed by atoms with E-state index >= 15 is 0 Å². The fraction of sp³-hybridized carbons (Fsp3) is 0.444. The Balaban J connectivity index is 0.00000190. The monoisotopic (exact) mass is 581 g/mol. The minimum atomic E-state index is -0.00929. The second kappa shape index (κ2) is 13.8. The number of piperidine rings is 1. The van der Waals surface area contributed by atoms with Gasteiger partial charge in [-0.25, -0.2) is 9.97 Å². The molecule has 1 saturated heterocycles. The summed E-state index contributed by atoms with van der Waals surface area (Å²) >= 11 is 8.10. The maximum absolute atomic E-state index is 12.7. The van der Waals surface area contributed by atoms with Gasteiger partial charge in [0.2, 0.25) is 5.95 Å². The number of halogens is 3. The average molecular weight is 583 g/mol. The third-order valence-corrected chi connectivity index (χ3v) is 8.25. The van der Waals surface area contributed by atoms with Crippen LogP contribution in [0.5, 0.6) is 0 Å². The number of hydrogen-bond donors (Lipinski definition) is 2. The van der Waals surface area contributed by atoms with Crippen molar-refractivity contribution in [3.8, 4) is 10.6 Å². The Labute approximate surface area is 240 Å². The fourth-order valence-electron chi connectivity index (χ4n) is 4.72. The molecule has 0 bridgehead atoms. The van der Waals surface area contributed by atoms with Crippen LogP contribution in [0.2, 0.25) is 5.02 Å². The lowest BCUT2D eigenvalue weighted by atomic mass is 9.92. The molecule has 1 saturated carbocycles. The van der Waals surface area contributed by atoms with Crippen molar-refractivity contribution in [1.29, 1.82) is 0 Å². The van der Waals surface area contributed by atoms with Gasteiger partial charge in [0.15, 0.2) is 0 Å². The van der Waals surface area contributed by atoms with Crippen LogP contribution in [0.15, 0.2) is 43.1 Å². The number of anilines is 1. The predicted molar refractivity (Wildman–Crippen MR) is 160 cm³/mol. The first-order valence-electron chi connectivity index (χ1n) is 12.5. The van der Waals surface area contributed by atoms with Crippen molar-refractivity contribution < 1.29 is 4.79 Å². The Hall–Kier alpha value is -1.90. The van der Waals surface area contributed by atoms with Crippen LogP contribution < -0.4 is 10.6 Å². The van der Waals surface area contributed by atoms with Gasteiger partial charge >= 0.3 is 0 Å². The van der Waals surface area contributed by atoms with Crippen molar-refractivity contribution in [1.82, 2.24) is 20.2 Å². The minimum Gasteiger partial charge on any atom is -0.354 e. The van der Waals surface area contributed by atoms with E-state index in [1.807, 2.05) is 30.3 Å². The molecule has 2 fully saturated rings. The number of aromatic nitrogens is 2. The molecule has 3 aromatic rings. The number of nitrogens with zero attached hydrogens (tertiary/aromatic N) is 3. The molecule has 0 atom stereocenters. The van der Waals surface area contributed by atoms with Crippen LogP contribution in [0.3, 0.4) is 0 Å². The van der Waals surface area contributed by atoms with Gasteiger partial charge in [-0.15, -0.1) is 42.7 Å². The molecule has 37 heavy (non-hydrogen) atoms. The number of fused-ring (bicyclic) bond motifs is 1. The van der Waals surface area contributed by atoms with Crippen molar-refractivity contribution >= 4 is 69.7 Å². The number of thiophene rings is 1. The summed E-state index contributed by atoms with van der Waals surface area (Å²) in [6.45, 7) is 8.03. The number of nitrogens with one attached hydrogen (secondary N) is 2. The Morgan fingerprint density at radius 2 is 2.00 bits per heavy atom. The lowest BCUT2D eigenvalue weighted by Gasteiger charge is -2.31. The molecule has 5 rings (SSSR count). The molecule has 10 heteroatoms. The molecule has 2 aliphatic rings. The Morgan fingerprint density at radius 3 is 2.73 bits per heavy atom. The Kier molecular flexibility index (Phi) is 11.0. The highest BCUT2D eigenvalue weighted by Gasteiger charge is 2.25. The Morgan fingerprint density at radius 1 is 1.22 bits per heavy atom. The number of carbonyl (C=O) groups excluding carboxylic acids is 1. The standard InChI is InChI=1S/C27H32ClN5OS.2ClH/c1-2-13-33-14-10-18(11-15-33)5-4-12-29-27-30-17-22(28)25(32-27)24-16-21-20(6-3-7-23(21)35-24)26(34)31-19-8-9-19;;/h2-3,6-7,16-19H,1,4-5,8-15H2,(H,31,34)(H,29,30,32);2*1H. The van der Waals surface area contributed by atoms with E-state index in [4.69, 9.17) is 16.6 Å². The summed E-state index contributed by atoms with van der Waals surface area (Å²) in [5.74, 6) is 1.38. The lowest BCUT2D eigenvalue weighted by Crippen LogP contribution is -2.33. The number of amides is 1. The lowest BCUT2D eigenvalue weighted by molar-refractivity contribution is 0.0952. The highest BCUT2D eigenvalue weighted by Crippen LogP contribution is 2.37. The van der Waals surface area contributed by atoms with Gasteiger partial charge in [0, 0.05) is 34.8 Å². The van der Waals surface area contributed by atoms with Crippen LogP contribution >= 0.6 is 47.8 Å². The van der Waals surface area contributed by atoms with Gasteiger partial charge in [-0.1, -0.05) is 23.7 Å². The molecule has 0 spiro atoms. The van der Waals surface area contributed by atoms with E-state index in [-0.39, 0.29) is 30.7 Å². The summed E-state index contributed by atoms with van der Waals surface area (Å²) in [7, 11) is 0. The van der Waals surface area contributed by atoms with E-state index in [0.29, 0.717) is 28.3 Å². The molecular weight excluding hydrogens is 549 g/mol. The zero-order chi connectivity index (χ0) is 24.2. The molecule has 1 aromatic carbocycles. The molecule has 6 nitrogen and oxygen atoms in total. The van der Waals surface area contributed by atoms with Gasteiger partial charge in [-0.3, -0.25) is 9.69 Å². The highest BCUT2D eigenvalue weighted by molar-refractivity contribution is 7.22.